The number of nitrogens with two attached hydrogens (primary N) is 1. The number of nitrogens with one attached hydrogen (secondary N) is 1. The molecule has 18 heavy (non-hydrogen) atoms. The lowest BCUT2D eigenvalue weighted by atomic mass is 10.3. The van der Waals surface area contributed by atoms with Crippen LogP contribution in [-0.4, -0.2) is 4.98 Å². The Morgan fingerprint density at radius 2 is 1.89 bits per heavy atom. The van der Waals surface area contributed by atoms with Gasteiger partial charge in [0.05, 0.1) is 0 Å². The molecule has 0 saturated heterocycles. The van der Waals surface area contributed by atoms with Crippen molar-refractivity contribution in [3.63, 3.8) is 0 Å². The summed E-state index contributed by atoms with van der Waals surface area (Å²) < 4.78 is 18.2. The van der Waals surface area contributed by atoms with E-state index in [9.17, 15) is 4.39 Å². The number of halogens is 1. The van der Waals surface area contributed by atoms with E-state index in [4.69, 9.17) is 10.2 Å². The van der Waals surface area contributed by atoms with Crippen LogP contribution in [0.4, 0.5) is 21.8 Å². The minimum atomic E-state index is -0.286. The summed E-state index contributed by atoms with van der Waals surface area (Å²) in [6, 6.07) is 11.5. The molecule has 3 rings (SSSR count). The van der Waals surface area contributed by atoms with Crippen LogP contribution in [0.5, 0.6) is 0 Å². The van der Waals surface area contributed by atoms with E-state index in [-0.39, 0.29) is 5.82 Å². The fourth-order valence-corrected chi connectivity index (χ4v) is 1.65. The molecule has 5 heteroatoms. The molecule has 2 aromatic carbocycles. The van der Waals surface area contributed by atoms with E-state index < -0.39 is 0 Å². The van der Waals surface area contributed by atoms with Gasteiger partial charge >= 0.3 is 0 Å². The maximum atomic E-state index is 12.8. The Morgan fingerprint density at radius 3 is 2.67 bits per heavy atom. The number of fused-ring (bicyclic) bond motifs is 1. The van der Waals surface area contributed by atoms with Gasteiger partial charge in [-0.25, -0.2) is 4.39 Å². The first-order chi connectivity index (χ1) is 8.70. The maximum absolute atomic E-state index is 12.8. The lowest BCUT2D eigenvalue weighted by molar-refractivity contribution is 0.621. The highest BCUT2D eigenvalue weighted by atomic mass is 19.1. The minimum Gasteiger partial charge on any atom is -0.423 e. The molecule has 0 unspecified atom stereocenters. The monoisotopic (exact) mass is 243 g/mol. The second-order valence-electron chi connectivity index (χ2n) is 3.88. The Bertz CT molecular complexity index is 691. The number of hydrogen-bond donors (Lipinski definition) is 2. The molecule has 0 atom stereocenters. The Labute approximate surface area is 102 Å². The van der Waals surface area contributed by atoms with Gasteiger partial charge in [-0.1, -0.05) is 0 Å². The molecular weight excluding hydrogens is 233 g/mol. The molecule has 1 aromatic heterocycles. The van der Waals surface area contributed by atoms with Crippen molar-refractivity contribution in [2.45, 2.75) is 0 Å². The van der Waals surface area contributed by atoms with Gasteiger partial charge in [0, 0.05) is 17.4 Å². The highest BCUT2D eigenvalue weighted by molar-refractivity contribution is 5.78. The number of rotatable bonds is 2. The Morgan fingerprint density at radius 1 is 1.11 bits per heavy atom. The van der Waals surface area contributed by atoms with Crippen LogP contribution in [0.2, 0.25) is 0 Å². The number of aromatic nitrogens is 1. The van der Waals surface area contributed by atoms with Gasteiger partial charge in [-0.15, -0.1) is 0 Å². The van der Waals surface area contributed by atoms with Crippen molar-refractivity contribution in [1.82, 2.24) is 4.98 Å². The van der Waals surface area contributed by atoms with Crippen molar-refractivity contribution < 1.29 is 8.81 Å². The molecule has 0 aliphatic heterocycles. The zero-order valence-electron chi connectivity index (χ0n) is 9.35. The van der Waals surface area contributed by atoms with Crippen molar-refractivity contribution in [2.75, 3.05) is 11.1 Å². The van der Waals surface area contributed by atoms with Gasteiger partial charge < -0.3 is 15.5 Å². The van der Waals surface area contributed by atoms with E-state index in [0.29, 0.717) is 28.5 Å². The van der Waals surface area contributed by atoms with Gasteiger partial charge in [0.25, 0.3) is 6.01 Å². The first kappa shape index (κ1) is 10.6. The number of nitrogens with zero attached hydrogens (tertiary/aromatic N) is 1. The van der Waals surface area contributed by atoms with Crippen molar-refractivity contribution >= 4 is 28.5 Å². The number of nitrogen functional groups attached to an aromatic ring is 1. The SMILES string of the molecule is Nc1ccc2nc(Nc3ccc(F)cc3)oc2c1. The third-order valence-electron chi connectivity index (χ3n) is 2.51. The van der Waals surface area contributed by atoms with E-state index in [2.05, 4.69) is 10.3 Å². The molecule has 0 fully saturated rings. The topological polar surface area (TPSA) is 64.1 Å². The molecule has 4 nitrogen and oxygen atoms in total. The lowest BCUT2D eigenvalue weighted by Gasteiger charge is -1.99. The predicted octanol–water partition coefficient (Wildman–Crippen LogP) is 3.29. The van der Waals surface area contributed by atoms with Gasteiger partial charge in [-0.3, -0.25) is 0 Å². The molecule has 0 aliphatic carbocycles. The quantitative estimate of drug-likeness (QED) is 0.678. The van der Waals surface area contributed by atoms with Crippen LogP contribution in [0.25, 0.3) is 11.1 Å². The van der Waals surface area contributed by atoms with Crippen LogP contribution in [0.1, 0.15) is 0 Å². The van der Waals surface area contributed by atoms with E-state index in [1.165, 1.54) is 12.1 Å². The van der Waals surface area contributed by atoms with Crippen molar-refractivity contribution in [1.29, 1.82) is 0 Å². The molecule has 1 heterocycles. The number of benzene rings is 2. The third kappa shape index (κ3) is 1.98. The van der Waals surface area contributed by atoms with Crippen molar-refractivity contribution in [2.24, 2.45) is 0 Å². The van der Waals surface area contributed by atoms with Crippen LogP contribution < -0.4 is 11.1 Å². The zero-order chi connectivity index (χ0) is 12.5. The molecule has 0 spiro atoms. The van der Waals surface area contributed by atoms with Gasteiger partial charge in [-0.05, 0) is 36.4 Å². The van der Waals surface area contributed by atoms with E-state index >= 15 is 0 Å². The number of hydrogen-bond acceptors (Lipinski definition) is 4. The van der Waals surface area contributed by atoms with E-state index in [1.54, 1.807) is 30.3 Å². The summed E-state index contributed by atoms with van der Waals surface area (Å²) in [6.07, 6.45) is 0. The fraction of sp³-hybridized carbons (Fsp3) is 0. The van der Waals surface area contributed by atoms with Crippen molar-refractivity contribution in [3.05, 3.63) is 48.3 Å². The first-order valence-corrected chi connectivity index (χ1v) is 5.39. The Balaban J connectivity index is 1.92. The van der Waals surface area contributed by atoms with Crippen LogP contribution in [0, 0.1) is 5.82 Å². The molecule has 0 saturated carbocycles. The van der Waals surface area contributed by atoms with Gasteiger partial charge in [0.15, 0.2) is 5.58 Å². The number of oxazole rings is 1. The molecule has 0 amide bonds. The summed E-state index contributed by atoms with van der Waals surface area (Å²) in [7, 11) is 0. The standard InChI is InChI=1S/C13H10FN3O/c14-8-1-4-10(5-2-8)16-13-17-11-6-3-9(15)7-12(11)18-13/h1-7H,15H2,(H,16,17). The molecule has 0 bridgehead atoms. The molecule has 0 radical (unpaired) electrons. The Kier molecular flexibility index (Phi) is 2.37. The highest BCUT2D eigenvalue weighted by Gasteiger charge is 2.06. The van der Waals surface area contributed by atoms with Crippen LogP contribution >= 0.6 is 0 Å². The fourth-order valence-electron chi connectivity index (χ4n) is 1.65. The molecule has 3 N–H and O–H groups in total. The summed E-state index contributed by atoms with van der Waals surface area (Å²) in [6.45, 7) is 0. The summed E-state index contributed by atoms with van der Waals surface area (Å²) in [4.78, 5) is 4.24. The van der Waals surface area contributed by atoms with Crippen molar-refractivity contribution in [3.8, 4) is 0 Å². The normalized spacial score (nSPS) is 10.7. The molecular formula is C13H10FN3O. The van der Waals surface area contributed by atoms with Crippen LogP contribution in [0.3, 0.4) is 0 Å². The summed E-state index contributed by atoms with van der Waals surface area (Å²) in [5, 5.41) is 2.95. The summed E-state index contributed by atoms with van der Waals surface area (Å²) in [5.41, 5.74) is 8.30. The molecule has 90 valence electrons. The smallest absolute Gasteiger partial charge is 0.300 e. The minimum absolute atomic E-state index is 0.286. The largest absolute Gasteiger partial charge is 0.423 e. The van der Waals surface area contributed by atoms with E-state index in [1.807, 2.05) is 0 Å². The first-order valence-electron chi connectivity index (χ1n) is 5.39. The Hall–Kier alpha value is -2.56. The predicted molar refractivity (Wildman–Crippen MR) is 68.1 cm³/mol. The molecule has 0 aliphatic rings. The van der Waals surface area contributed by atoms with E-state index in [0.717, 1.165) is 0 Å². The number of anilines is 3. The highest BCUT2D eigenvalue weighted by Crippen LogP contribution is 2.23. The molecule has 3 aromatic rings. The van der Waals surface area contributed by atoms with Crippen LogP contribution in [0.15, 0.2) is 46.9 Å². The average Bonchev–Trinajstić information content (AvgIpc) is 2.73. The maximum Gasteiger partial charge on any atom is 0.300 e. The second kappa shape index (κ2) is 4.03. The van der Waals surface area contributed by atoms with Gasteiger partial charge in [0.2, 0.25) is 0 Å². The third-order valence-corrected chi connectivity index (χ3v) is 2.51. The van der Waals surface area contributed by atoms with Gasteiger partial charge in [0.1, 0.15) is 11.3 Å². The second-order valence-corrected chi connectivity index (χ2v) is 3.88. The van der Waals surface area contributed by atoms with Gasteiger partial charge in [-0.2, -0.15) is 4.98 Å². The van der Waals surface area contributed by atoms with Crippen LogP contribution in [-0.2, 0) is 0 Å². The zero-order valence-corrected chi connectivity index (χ0v) is 9.35. The summed E-state index contributed by atoms with van der Waals surface area (Å²) in [5.74, 6) is -0.286. The summed E-state index contributed by atoms with van der Waals surface area (Å²) >= 11 is 0. The average molecular weight is 243 g/mol. The lowest BCUT2D eigenvalue weighted by Crippen LogP contribution is -1.89.